The van der Waals surface area contributed by atoms with Crippen molar-refractivity contribution in [3.63, 3.8) is 0 Å². The maximum absolute atomic E-state index is 6.56. The van der Waals surface area contributed by atoms with Crippen LogP contribution in [-0.4, -0.2) is 30.9 Å². The molecule has 28 heavy (non-hydrogen) atoms. The Morgan fingerprint density at radius 2 is 1.86 bits per heavy atom. The highest BCUT2D eigenvalue weighted by atomic mass is 79.9. The molecule has 4 rings (SSSR count). The lowest BCUT2D eigenvalue weighted by Crippen LogP contribution is -1.97. The van der Waals surface area contributed by atoms with E-state index >= 15 is 0 Å². The molecule has 4 aromatic rings. The van der Waals surface area contributed by atoms with Crippen LogP contribution in [0.1, 0.15) is 11.3 Å². The van der Waals surface area contributed by atoms with Crippen molar-refractivity contribution >= 4 is 46.0 Å². The average Bonchev–Trinajstić information content (AvgIpc) is 3.21. The van der Waals surface area contributed by atoms with Crippen LogP contribution in [-0.2, 0) is 0 Å². The topological polar surface area (TPSA) is 63.8 Å². The number of nitrogens with one attached hydrogen (secondary N) is 1. The molecule has 0 aliphatic rings. The fraction of sp³-hybridized carbons (Fsp3) is 0.0526. The van der Waals surface area contributed by atoms with Crippen LogP contribution in [0.3, 0.4) is 0 Å². The van der Waals surface area contributed by atoms with Crippen molar-refractivity contribution in [2.24, 2.45) is 5.10 Å². The number of halogens is 2. The molecule has 1 N–H and O–H groups in total. The third-order valence-electron chi connectivity index (χ3n) is 4.10. The number of aromatic amines is 1. The van der Waals surface area contributed by atoms with Gasteiger partial charge in [0, 0.05) is 10.0 Å². The van der Waals surface area contributed by atoms with E-state index in [1.165, 1.54) is 0 Å². The van der Waals surface area contributed by atoms with Crippen molar-refractivity contribution in [3.05, 3.63) is 80.3 Å². The molecule has 0 aliphatic carbocycles. The molecule has 0 aliphatic heterocycles. The van der Waals surface area contributed by atoms with E-state index in [1.54, 1.807) is 15.6 Å². The van der Waals surface area contributed by atoms with Crippen LogP contribution >= 0.6 is 39.7 Å². The monoisotopic (exact) mass is 472 g/mol. The predicted molar refractivity (Wildman–Crippen MR) is 117 cm³/mol. The molecule has 0 fully saturated rings. The fourth-order valence-electron chi connectivity index (χ4n) is 2.70. The molecule has 0 saturated carbocycles. The summed E-state index contributed by atoms with van der Waals surface area (Å²) in [6.45, 7) is 1.89. The maximum Gasteiger partial charge on any atom is 0.216 e. The van der Waals surface area contributed by atoms with Gasteiger partial charge in [0.2, 0.25) is 4.77 Å². The zero-order chi connectivity index (χ0) is 19.7. The van der Waals surface area contributed by atoms with Gasteiger partial charge in [-0.2, -0.15) is 20.0 Å². The number of aromatic nitrogens is 5. The summed E-state index contributed by atoms with van der Waals surface area (Å²) in [4.78, 5) is 0. The quantitative estimate of drug-likeness (QED) is 0.319. The van der Waals surface area contributed by atoms with Gasteiger partial charge in [-0.15, -0.1) is 0 Å². The molecule has 6 nitrogen and oxygen atoms in total. The molecule has 140 valence electrons. The van der Waals surface area contributed by atoms with E-state index in [0.717, 1.165) is 27.0 Å². The summed E-state index contributed by atoms with van der Waals surface area (Å²) in [5.74, 6) is 0.609. The molecule has 0 unspecified atom stereocenters. The van der Waals surface area contributed by atoms with E-state index in [9.17, 15) is 0 Å². The number of hydrogen-bond donors (Lipinski definition) is 1. The van der Waals surface area contributed by atoms with Crippen molar-refractivity contribution in [2.75, 3.05) is 0 Å². The Balaban J connectivity index is 1.73. The smallest absolute Gasteiger partial charge is 0.216 e. The second kappa shape index (κ2) is 7.83. The van der Waals surface area contributed by atoms with E-state index in [2.05, 4.69) is 36.3 Å². The third-order valence-corrected chi connectivity index (χ3v) is 5.26. The van der Waals surface area contributed by atoms with Gasteiger partial charge in [-0.05, 0) is 43.4 Å². The van der Waals surface area contributed by atoms with Crippen molar-refractivity contribution < 1.29 is 0 Å². The summed E-state index contributed by atoms with van der Waals surface area (Å²) >= 11 is 15.3. The van der Waals surface area contributed by atoms with E-state index in [1.807, 2.05) is 61.5 Å². The highest BCUT2D eigenvalue weighted by Crippen LogP contribution is 2.23. The van der Waals surface area contributed by atoms with Gasteiger partial charge in [0.15, 0.2) is 5.82 Å². The number of rotatable bonds is 4. The Bertz CT molecular complexity index is 1210. The van der Waals surface area contributed by atoms with Crippen molar-refractivity contribution in [2.45, 2.75) is 6.92 Å². The van der Waals surface area contributed by atoms with E-state index in [-0.39, 0.29) is 0 Å². The van der Waals surface area contributed by atoms with E-state index in [4.69, 9.17) is 23.8 Å². The Labute approximate surface area is 179 Å². The van der Waals surface area contributed by atoms with E-state index in [0.29, 0.717) is 15.7 Å². The molecule has 2 heterocycles. The second-order valence-electron chi connectivity index (χ2n) is 5.95. The van der Waals surface area contributed by atoms with Gasteiger partial charge in [0.1, 0.15) is 5.15 Å². The number of aryl methyl sites for hydroxylation is 1. The van der Waals surface area contributed by atoms with Crippen LogP contribution in [0.2, 0.25) is 5.15 Å². The Kier molecular flexibility index (Phi) is 5.25. The molecule has 2 aromatic carbocycles. The Morgan fingerprint density at radius 3 is 2.57 bits per heavy atom. The van der Waals surface area contributed by atoms with Crippen LogP contribution in [0.4, 0.5) is 0 Å². The maximum atomic E-state index is 6.56. The molecule has 0 saturated heterocycles. The van der Waals surface area contributed by atoms with Crippen molar-refractivity contribution in [1.82, 2.24) is 24.7 Å². The van der Waals surface area contributed by atoms with Crippen LogP contribution < -0.4 is 0 Å². The second-order valence-corrected chi connectivity index (χ2v) is 7.61. The standard InChI is InChI=1S/C19H14BrClN6S/c1-12-16(17(21)26(25-12)15-5-3-2-4-6-15)11-22-27-18(23-24-19(27)28)13-7-9-14(20)10-8-13/h2-11H,1H3,(H,24,28)/b22-11-. The normalized spacial score (nSPS) is 11.4. The van der Waals surface area contributed by atoms with Gasteiger partial charge in [0.25, 0.3) is 0 Å². The Morgan fingerprint density at radius 1 is 1.14 bits per heavy atom. The largest absolute Gasteiger partial charge is 0.250 e. The SMILES string of the molecule is Cc1nn(-c2ccccc2)c(Cl)c1/C=N\n1c(-c2ccc(Br)cc2)n[nH]c1=S. The first-order chi connectivity index (χ1) is 13.5. The van der Waals surface area contributed by atoms with Gasteiger partial charge in [-0.25, -0.2) is 9.78 Å². The third kappa shape index (κ3) is 3.58. The molecule has 9 heteroatoms. The first kappa shape index (κ1) is 18.8. The lowest BCUT2D eigenvalue weighted by atomic mass is 10.2. The van der Waals surface area contributed by atoms with Gasteiger partial charge >= 0.3 is 0 Å². The predicted octanol–water partition coefficient (Wildman–Crippen LogP) is 5.40. The number of H-pyrrole nitrogens is 1. The summed E-state index contributed by atoms with van der Waals surface area (Å²) in [5.41, 5.74) is 3.24. The highest BCUT2D eigenvalue weighted by Gasteiger charge is 2.14. The molecule has 0 atom stereocenters. The van der Waals surface area contributed by atoms with Gasteiger partial charge < -0.3 is 0 Å². The number of para-hydroxylation sites is 1. The molecule has 0 bridgehead atoms. The zero-order valence-corrected chi connectivity index (χ0v) is 17.8. The van der Waals surface area contributed by atoms with Crippen LogP contribution in [0.5, 0.6) is 0 Å². The fourth-order valence-corrected chi connectivity index (χ4v) is 3.46. The van der Waals surface area contributed by atoms with Gasteiger partial charge in [-0.1, -0.05) is 57.9 Å². The summed E-state index contributed by atoms with van der Waals surface area (Å²) in [7, 11) is 0. The van der Waals surface area contributed by atoms with Crippen molar-refractivity contribution in [3.8, 4) is 17.1 Å². The lowest BCUT2D eigenvalue weighted by Gasteiger charge is -2.02. The molecule has 0 amide bonds. The lowest BCUT2D eigenvalue weighted by molar-refractivity contribution is 0.863. The summed E-state index contributed by atoms with van der Waals surface area (Å²) < 4.78 is 4.62. The zero-order valence-electron chi connectivity index (χ0n) is 14.7. The first-order valence-electron chi connectivity index (χ1n) is 8.33. The summed E-state index contributed by atoms with van der Waals surface area (Å²) in [6.07, 6.45) is 1.65. The molecule has 0 radical (unpaired) electrons. The van der Waals surface area contributed by atoms with Gasteiger partial charge in [-0.3, -0.25) is 0 Å². The minimum atomic E-state index is 0.387. The summed E-state index contributed by atoms with van der Waals surface area (Å²) in [5, 5.41) is 16.6. The number of nitrogens with zero attached hydrogens (tertiary/aromatic N) is 5. The Hall–Kier alpha value is -2.55. The van der Waals surface area contributed by atoms with Gasteiger partial charge in [0.05, 0.1) is 23.2 Å². The minimum absolute atomic E-state index is 0.387. The minimum Gasteiger partial charge on any atom is -0.250 e. The highest BCUT2D eigenvalue weighted by molar-refractivity contribution is 9.10. The average molecular weight is 474 g/mol. The first-order valence-corrected chi connectivity index (χ1v) is 9.91. The molecule has 0 spiro atoms. The summed E-state index contributed by atoms with van der Waals surface area (Å²) in [6, 6.07) is 17.4. The van der Waals surface area contributed by atoms with Crippen LogP contribution in [0, 0.1) is 11.7 Å². The van der Waals surface area contributed by atoms with Crippen molar-refractivity contribution in [1.29, 1.82) is 0 Å². The molecule has 2 aromatic heterocycles. The molecular formula is C19H14BrClN6S. The van der Waals surface area contributed by atoms with Crippen LogP contribution in [0.25, 0.3) is 17.1 Å². The number of benzene rings is 2. The van der Waals surface area contributed by atoms with E-state index < -0.39 is 0 Å². The number of hydrogen-bond acceptors (Lipinski definition) is 4. The molecular weight excluding hydrogens is 460 g/mol. The van der Waals surface area contributed by atoms with Crippen LogP contribution in [0.15, 0.2) is 64.2 Å².